The molecule has 1 aromatic carbocycles. The Hall–Kier alpha value is -1.72. The van der Waals surface area contributed by atoms with Gasteiger partial charge in [0.1, 0.15) is 0 Å². The second-order valence-electron chi connectivity index (χ2n) is 6.93. The highest BCUT2D eigenvalue weighted by atomic mass is 32.1. The number of thiazole rings is 1. The number of hydrogen-bond donors (Lipinski definition) is 1. The van der Waals surface area contributed by atoms with Gasteiger partial charge in [-0.15, -0.1) is 11.3 Å². The highest BCUT2D eigenvalue weighted by molar-refractivity contribution is 7.13. The molecule has 24 heavy (non-hydrogen) atoms. The van der Waals surface area contributed by atoms with Crippen molar-refractivity contribution in [3.63, 3.8) is 0 Å². The van der Waals surface area contributed by atoms with E-state index < -0.39 is 0 Å². The summed E-state index contributed by atoms with van der Waals surface area (Å²) in [4.78, 5) is 19.4. The van der Waals surface area contributed by atoms with Crippen LogP contribution in [0.4, 0.5) is 5.13 Å². The van der Waals surface area contributed by atoms with Crippen LogP contribution in [0.5, 0.6) is 0 Å². The van der Waals surface area contributed by atoms with Gasteiger partial charge in [-0.05, 0) is 57.8 Å². The molecule has 1 saturated heterocycles. The van der Waals surface area contributed by atoms with Crippen LogP contribution in [0.1, 0.15) is 46.9 Å². The summed E-state index contributed by atoms with van der Waals surface area (Å²) in [5.74, 6) is 0.749. The maximum Gasteiger partial charge on any atom is 0.257 e. The predicted octanol–water partition coefficient (Wildman–Crippen LogP) is 4.24. The van der Waals surface area contributed by atoms with Crippen molar-refractivity contribution >= 4 is 22.4 Å². The first-order valence-corrected chi connectivity index (χ1v) is 9.44. The van der Waals surface area contributed by atoms with Crippen LogP contribution in [0.15, 0.2) is 23.6 Å². The molecule has 1 fully saturated rings. The van der Waals surface area contributed by atoms with E-state index in [1.54, 1.807) is 0 Å². The number of benzene rings is 1. The topological polar surface area (TPSA) is 45.2 Å². The molecule has 0 radical (unpaired) electrons. The van der Waals surface area contributed by atoms with Gasteiger partial charge in [0.2, 0.25) is 0 Å². The first kappa shape index (κ1) is 17.1. The largest absolute Gasteiger partial charge is 0.298 e. The Labute approximate surface area is 147 Å². The summed E-state index contributed by atoms with van der Waals surface area (Å²) in [7, 11) is 0. The molecule has 1 aliphatic rings. The number of aryl methyl sites for hydroxylation is 2. The van der Waals surface area contributed by atoms with Crippen molar-refractivity contribution in [1.82, 2.24) is 9.88 Å². The molecule has 0 unspecified atom stereocenters. The van der Waals surface area contributed by atoms with Crippen molar-refractivity contribution in [3.05, 3.63) is 46.0 Å². The second-order valence-corrected chi connectivity index (χ2v) is 7.79. The molecule has 2 aromatic rings. The Bertz CT molecular complexity index is 697. The minimum Gasteiger partial charge on any atom is -0.298 e. The summed E-state index contributed by atoms with van der Waals surface area (Å²) in [5.41, 5.74) is 3.93. The van der Waals surface area contributed by atoms with Crippen molar-refractivity contribution in [2.24, 2.45) is 5.92 Å². The van der Waals surface area contributed by atoms with Crippen molar-refractivity contribution in [2.45, 2.75) is 40.2 Å². The van der Waals surface area contributed by atoms with Gasteiger partial charge in [-0.25, -0.2) is 4.98 Å². The van der Waals surface area contributed by atoms with Crippen LogP contribution in [-0.4, -0.2) is 28.9 Å². The maximum absolute atomic E-state index is 12.4. The number of carbonyl (C=O) groups excluding carboxylic acids is 1. The molecule has 128 valence electrons. The molecule has 0 saturated carbocycles. The number of likely N-dealkylation sites (tertiary alicyclic amines) is 1. The lowest BCUT2D eigenvalue weighted by atomic mass is 9.99. The average molecular weight is 343 g/mol. The third-order valence-electron chi connectivity index (χ3n) is 4.52. The van der Waals surface area contributed by atoms with Crippen LogP contribution in [0.3, 0.4) is 0 Å². The van der Waals surface area contributed by atoms with Gasteiger partial charge in [-0.2, -0.15) is 0 Å². The minimum atomic E-state index is -0.0884. The van der Waals surface area contributed by atoms with Crippen LogP contribution >= 0.6 is 11.3 Å². The third kappa shape index (κ3) is 4.42. The molecule has 0 bridgehead atoms. The number of anilines is 1. The third-order valence-corrected chi connectivity index (χ3v) is 5.32. The molecule has 5 heteroatoms. The first-order chi connectivity index (χ1) is 11.5. The van der Waals surface area contributed by atoms with Crippen molar-refractivity contribution < 1.29 is 4.79 Å². The fourth-order valence-electron chi connectivity index (χ4n) is 3.16. The molecular formula is C19H25N3OS. The smallest absolute Gasteiger partial charge is 0.257 e. The molecule has 0 atom stereocenters. The fourth-order valence-corrected chi connectivity index (χ4v) is 3.86. The molecule has 2 heterocycles. The van der Waals surface area contributed by atoms with Crippen molar-refractivity contribution in [2.75, 3.05) is 18.4 Å². The van der Waals surface area contributed by atoms with E-state index in [0.717, 1.165) is 42.4 Å². The quantitative estimate of drug-likeness (QED) is 0.903. The van der Waals surface area contributed by atoms with E-state index in [1.807, 2.05) is 26.0 Å². The molecule has 1 N–H and O–H groups in total. The lowest BCUT2D eigenvalue weighted by Crippen LogP contribution is -2.32. The normalized spacial score (nSPS) is 16.3. The molecule has 1 amide bonds. The number of carbonyl (C=O) groups is 1. The van der Waals surface area contributed by atoms with Gasteiger partial charge in [0, 0.05) is 17.5 Å². The maximum atomic E-state index is 12.4. The molecule has 0 aliphatic carbocycles. The van der Waals surface area contributed by atoms with E-state index in [9.17, 15) is 4.79 Å². The molecule has 3 rings (SSSR count). The zero-order valence-electron chi connectivity index (χ0n) is 14.6. The molecule has 0 spiro atoms. The van der Waals surface area contributed by atoms with Gasteiger partial charge in [0.15, 0.2) is 5.13 Å². The zero-order valence-corrected chi connectivity index (χ0v) is 15.4. The van der Waals surface area contributed by atoms with E-state index >= 15 is 0 Å². The van der Waals surface area contributed by atoms with Crippen molar-refractivity contribution in [3.8, 4) is 0 Å². The Balaban J connectivity index is 1.60. The summed E-state index contributed by atoms with van der Waals surface area (Å²) in [6, 6.07) is 5.88. The lowest BCUT2D eigenvalue weighted by Gasteiger charge is -2.29. The van der Waals surface area contributed by atoms with Crippen molar-refractivity contribution in [1.29, 1.82) is 0 Å². The highest BCUT2D eigenvalue weighted by Crippen LogP contribution is 2.21. The Morgan fingerprint density at radius 1 is 1.25 bits per heavy atom. The van der Waals surface area contributed by atoms with Crippen LogP contribution in [-0.2, 0) is 6.54 Å². The number of nitrogens with one attached hydrogen (secondary N) is 1. The zero-order chi connectivity index (χ0) is 17.1. The van der Waals surface area contributed by atoms with Gasteiger partial charge in [-0.3, -0.25) is 15.0 Å². The van der Waals surface area contributed by atoms with Gasteiger partial charge >= 0.3 is 0 Å². The summed E-state index contributed by atoms with van der Waals surface area (Å²) in [6.45, 7) is 9.49. The average Bonchev–Trinajstić information content (AvgIpc) is 2.95. The van der Waals surface area contributed by atoms with Crippen LogP contribution in [0.2, 0.25) is 0 Å². The summed E-state index contributed by atoms with van der Waals surface area (Å²) >= 11 is 1.50. The summed E-state index contributed by atoms with van der Waals surface area (Å²) in [6.07, 6.45) is 2.53. The van der Waals surface area contributed by atoms with E-state index in [4.69, 9.17) is 0 Å². The second kappa shape index (κ2) is 7.45. The number of amides is 1. The van der Waals surface area contributed by atoms with Crippen LogP contribution < -0.4 is 5.32 Å². The lowest BCUT2D eigenvalue weighted by molar-refractivity contribution is 0.102. The Morgan fingerprint density at radius 3 is 2.58 bits per heavy atom. The van der Waals surface area contributed by atoms with Gasteiger partial charge in [-0.1, -0.05) is 24.1 Å². The predicted molar refractivity (Wildman–Crippen MR) is 99.7 cm³/mol. The minimum absolute atomic E-state index is 0.0884. The van der Waals surface area contributed by atoms with E-state index in [1.165, 1.54) is 24.2 Å². The van der Waals surface area contributed by atoms with Gasteiger partial charge < -0.3 is 0 Å². The monoisotopic (exact) mass is 343 g/mol. The van der Waals surface area contributed by atoms with E-state index in [2.05, 4.69) is 33.6 Å². The first-order valence-electron chi connectivity index (χ1n) is 8.56. The Kier molecular flexibility index (Phi) is 5.31. The number of hydrogen-bond acceptors (Lipinski definition) is 4. The molecule has 1 aliphatic heterocycles. The summed E-state index contributed by atoms with van der Waals surface area (Å²) in [5, 5.41) is 5.66. The Morgan fingerprint density at radius 2 is 1.92 bits per heavy atom. The van der Waals surface area contributed by atoms with Gasteiger partial charge in [0.05, 0.1) is 5.69 Å². The molecule has 4 nitrogen and oxygen atoms in total. The number of rotatable bonds is 4. The summed E-state index contributed by atoms with van der Waals surface area (Å²) < 4.78 is 0. The van der Waals surface area contributed by atoms with Gasteiger partial charge in [0.25, 0.3) is 5.91 Å². The number of nitrogens with zero attached hydrogens (tertiary/aromatic N) is 2. The standard InChI is InChI=1S/C19H25N3OS/c1-13-4-6-22(7-5-13)11-17-12-24-19(20-17)21-18(23)16-9-14(2)8-15(3)10-16/h8-10,12-13H,4-7,11H2,1-3H3,(H,20,21,23). The fraction of sp³-hybridized carbons (Fsp3) is 0.474. The van der Waals surface area contributed by atoms with Crippen LogP contribution in [0.25, 0.3) is 0 Å². The van der Waals surface area contributed by atoms with E-state index in [0.29, 0.717) is 10.7 Å². The molecular weight excluding hydrogens is 318 g/mol. The number of aromatic nitrogens is 1. The van der Waals surface area contributed by atoms with Crippen LogP contribution in [0, 0.1) is 19.8 Å². The SMILES string of the molecule is Cc1cc(C)cc(C(=O)Nc2nc(CN3CCC(C)CC3)cs2)c1. The van der Waals surface area contributed by atoms with E-state index in [-0.39, 0.29) is 5.91 Å². The number of piperidine rings is 1. The highest BCUT2D eigenvalue weighted by Gasteiger charge is 2.17. The molecule has 1 aromatic heterocycles.